The third-order valence-corrected chi connectivity index (χ3v) is 2.64. The van der Waals surface area contributed by atoms with E-state index in [1.807, 2.05) is 16.7 Å². The van der Waals surface area contributed by atoms with Gasteiger partial charge in [0.25, 0.3) is 5.69 Å². The van der Waals surface area contributed by atoms with Crippen molar-refractivity contribution in [2.45, 2.75) is 19.9 Å². The molecule has 0 bridgehead atoms. The summed E-state index contributed by atoms with van der Waals surface area (Å²) in [4.78, 5) is 10.1. The maximum absolute atomic E-state index is 10.5. The first kappa shape index (κ1) is 12.9. The number of non-ortho nitro benzene ring substituents is 1. The number of nitrogens with zero attached hydrogens (tertiary/aromatic N) is 4. The third-order valence-electron chi connectivity index (χ3n) is 2.64. The highest BCUT2D eigenvalue weighted by Gasteiger charge is 2.03. The Bertz CT molecular complexity index is 587. The number of aromatic nitrogens is 3. The average molecular weight is 258 g/mol. The lowest BCUT2D eigenvalue weighted by atomic mass is 10.2. The Hall–Kier alpha value is -2.50. The largest absolute Gasteiger partial charge is 0.314 e. The smallest absolute Gasteiger partial charge is 0.269 e. The predicted octanol–water partition coefficient (Wildman–Crippen LogP) is 2.77. The van der Waals surface area contributed by atoms with Crippen LogP contribution in [0.5, 0.6) is 0 Å². The Labute approximate surface area is 110 Å². The van der Waals surface area contributed by atoms with Gasteiger partial charge >= 0.3 is 0 Å². The molecule has 6 nitrogen and oxygen atoms in total. The van der Waals surface area contributed by atoms with Crippen molar-refractivity contribution in [2.24, 2.45) is 0 Å². The van der Waals surface area contributed by atoms with Crippen LogP contribution in [-0.2, 0) is 6.54 Å². The molecule has 0 atom stereocenters. The van der Waals surface area contributed by atoms with E-state index in [0.717, 1.165) is 24.4 Å². The summed E-state index contributed by atoms with van der Waals surface area (Å²) >= 11 is 0. The van der Waals surface area contributed by atoms with E-state index in [1.54, 1.807) is 18.5 Å². The number of hydrogen-bond acceptors (Lipinski definition) is 4. The Kier molecular flexibility index (Phi) is 4.02. The Morgan fingerprint density at radius 3 is 2.68 bits per heavy atom. The van der Waals surface area contributed by atoms with Gasteiger partial charge in [-0.1, -0.05) is 13.0 Å². The van der Waals surface area contributed by atoms with Crippen molar-refractivity contribution >= 4 is 17.8 Å². The summed E-state index contributed by atoms with van der Waals surface area (Å²) in [5, 5.41) is 18.4. The summed E-state index contributed by atoms with van der Waals surface area (Å²) in [7, 11) is 0. The van der Waals surface area contributed by atoms with Crippen molar-refractivity contribution in [3.05, 3.63) is 52.1 Å². The summed E-state index contributed by atoms with van der Waals surface area (Å²) in [5.41, 5.74) is 0.975. The van der Waals surface area contributed by atoms with Crippen LogP contribution in [0.1, 0.15) is 24.7 Å². The van der Waals surface area contributed by atoms with E-state index >= 15 is 0 Å². The van der Waals surface area contributed by atoms with Gasteiger partial charge in [-0.25, -0.2) is 0 Å². The molecule has 0 aliphatic rings. The Morgan fingerprint density at radius 2 is 2.05 bits per heavy atom. The van der Waals surface area contributed by atoms with E-state index in [1.165, 1.54) is 12.1 Å². The molecule has 0 aliphatic heterocycles. The quantitative estimate of drug-likeness (QED) is 0.610. The van der Waals surface area contributed by atoms with E-state index < -0.39 is 4.92 Å². The van der Waals surface area contributed by atoms with Crippen LogP contribution in [0.25, 0.3) is 12.2 Å². The van der Waals surface area contributed by atoms with E-state index in [4.69, 9.17) is 0 Å². The minimum atomic E-state index is -0.411. The second-order valence-electron chi connectivity index (χ2n) is 4.06. The summed E-state index contributed by atoms with van der Waals surface area (Å²) < 4.78 is 1.96. The predicted molar refractivity (Wildman–Crippen MR) is 72.3 cm³/mol. The zero-order valence-electron chi connectivity index (χ0n) is 10.6. The highest BCUT2D eigenvalue weighted by molar-refractivity contribution is 5.67. The van der Waals surface area contributed by atoms with E-state index in [-0.39, 0.29) is 5.69 Å². The summed E-state index contributed by atoms with van der Waals surface area (Å²) in [6.07, 6.45) is 6.42. The number of aryl methyl sites for hydroxylation is 1. The minimum absolute atomic E-state index is 0.0892. The molecule has 2 rings (SSSR count). The van der Waals surface area contributed by atoms with Crippen LogP contribution in [0.3, 0.4) is 0 Å². The molecular weight excluding hydrogens is 244 g/mol. The molecule has 0 saturated carbocycles. The molecule has 98 valence electrons. The fourth-order valence-corrected chi connectivity index (χ4v) is 1.68. The fraction of sp³-hybridized carbons (Fsp3) is 0.231. The SMILES string of the molecule is CCCn1cnnc1/C=C/c1ccc([N+](=O)[O-])cc1. The number of hydrogen-bond donors (Lipinski definition) is 0. The minimum Gasteiger partial charge on any atom is -0.314 e. The Morgan fingerprint density at radius 1 is 1.32 bits per heavy atom. The molecule has 1 aromatic heterocycles. The van der Waals surface area contributed by atoms with Gasteiger partial charge in [0.05, 0.1) is 4.92 Å². The second kappa shape index (κ2) is 5.90. The van der Waals surface area contributed by atoms with Gasteiger partial charge in [-0.2, -0.15) is 0 Å². The highest BCUT2D eigenvalue weighted by atomic mass is 16.6. The number of benzene rings is 1. The van der Waals surface area contributed by atoms with Gasteiger partial charge in [0, 0.05) is 18.7 Å². The van der Waals surface area contributed by atoms with Crippen molar-refractivity contribution in [1.82, 2.24) is 14.8 Å². The zero-order valence-corrected chi connectivity index (χ0v) is 10.6. The average Bonchev–Trinajstić information content (AvgIpc) is 2.85. The molecule has 0 amide bonds. The monoisotopic (exact) mass is 258 g/mol. The van der Waals surface area contributed by atoms with Crippen LogP contribution >= 0.6 is 0 Å². The van der Waals surface area contributed by atoms with Crippen LogP contribution in [0.2, 0.25) is 0 Å². The molecule has 0 spiro atoms. The first-order chi connectivity index (χ1) is 9.20. The topological polar surface area (TPSA) is 73.8 Å². The van der Waals surface area contributed by atoms with Gasteiger partial charge in [0.1, 0.15) is 6.33 Å². The maximum atomic E-state index is 10.5. The van der Waals surface area contributed by atoms with Crippen LogP contribution in [0.4, 0.5) is 5.69 Å². The van der Waals surface area contributed by atoms with E-state index in [9.17, 15) is 10.1 Å². The molecule has 0 unspecified atom stereocenters. The number of rotatable bonds is 5. The molecule has 0 saturated heterocycles. The molecule has 19 heavy (non-hydrogen) atoms. The van der Waals surface area contributed by atoms with Crippen LogP contribution in [0, 0.1) is 10.1 Å². The molecule has 6 heteroatoms. The van der Waals surface area contributed by atoms with Crippen LogP contribution < -0.4 is 0 Å². The van der Waals surface area contributed by atoms with Crippen molar-refractivity contribution < 1.29 is 4.92 Å². The first-order valence-electron chi connectivity index (χ1n) is 6.01. The molecule has 0 aliphatic carbocycles. The molecular formula is C13H14N4O2. The number of nitro benzene ring substituents is 1. The third kappa shape index (κ3) is 3.25. The van der Waals surface area contributed by atoms with Crippen LogP contribution in [0.15, 0.2) is 30.6 Å². The molecule has 0 N–H and O–H groups in total. The van der Waals surface area contributed by atoms with Gasteiger partial charge in [-0.05, 0) is 30.2 Å². The van der Waals surface area contributed by atoms with Gasteiger partial charge in [0.15, 0.2) is 5.82 Å². The second-order valence-corrected chi connectivity index (χ2v) is 4.06. The van der Waals surface area contributed by atoms with Gasteiger partial charge in [0.2, 0.25) is 0 Å². The highest BCUT2D eigenvalue weighted by Crippen LogP contribution is 2.13. The molecule has 0 radical (unpaired) electrons. The van der Waals surface area contributed by atoms with E-state index in [0.29, 0.717) is 0 Å². The van der Waals surface area contributed by atoms with Crippen molar-refractivity contribution in [3.63, 3.8) is 0 Å². The molecule has 1 heterocycles. The lowest BCUT2D eigenvalue weighted by molar-refractivity contribution is -0.384. The molecule has 2 aromatic rings. The van der Waals surface area contributed by atoms with Gasteiger partial charge in [-0.15, -0.1) is 10.2 Å². The van der Waals surface area contributed by atoms with Crippen LogP contribution in [-0.4, -0.2) is 19.7 Å². The molecule has 0 fully saturated rings. The zero-order chi connectivity index (χ0) is 13.7. The normalized spacial score (nSPS) is 11.0. The summed E-state index contributed by atoms with van der Waals surface area (Å²) in [6.45, 7) is 2.96. The fourth-order valence-electron chi connectivity index (χ4n) is 1.68. The van der Waals surface area contributed by atoms with Crippen molar-refractivity contribution in [1.29, 1.82) is 0 Å². The molecule has 1 aromatic carbocycles. The van der Waals surface area contributed by atoms with E-state index in [2.05, 4.69) is 17.1 Å². The lowest BCUT2D eigenvalue weighted by Crippen LogP contribution is -1.97. The summed E-state index contributed by atoms with van der Waals surface area (Å²) in [6, 6.07) is 6.37. The van der Waals surface area contributed by atoms with Gasteiger partial charge < -0.3 is 4.57 Å². The first-order valence-corrected chi connectivity index (χ1v) is 6.01. The van der Waals surface area contributed by atoms with Crippen molar-refractivity contribution in [2.75, 3.05) is 0 Å². The standard InChI is InChI=1S/C13H14N4O2/c1-2-9-16-10-14-15-13(16)8-5-11-3-6-12(7-4-11)17(18)19/h3-8,10H,2,9H2,1H3/b8-5+. The van der Waals surface area contributed by atoms with Crippen molar-refractivity contribution in [3.8, 4) is 0 Å². The lowest BCUT2D eigenvalue weighted by Gasteiger charge is -1.99. The number of nitro groups is 1. The summed E-state index contributed by atoms with van der Waals surface area (Å²) in [5.74, 6) is 0.778. The maximum Gasteiger partial charge on any atom is 0.269 e. The Balaban J connectivity index is 2.13. The van der Waals surface area contributed by atoms with Gasteiger partial charge in [-0.3, -0.25) is 10.1 Å².